The second kappa shape index (κ2) is 11.3. The van der Waals surface area contributed by atoms with Gasteiger partial charge >= 0.3 is 0 Å². The molecule has 6 heteroatoms. The smallest absolute Gasteiger partial charge is 0.236 e. The molecule has 0 radical (unpaired) electrons. The van der Waals surface area contributed by atoms with Gasteiger partial charge < -0.3 is 19.7 Å². The fourth-order valence-corrected chi connectivity index (χ4v) is 1.23. The number of rotatable bonds is 10. The largest absolute Gasteiger partial charge is 0.383 e. The molecule has 6 nitrogen and oxygen atoms in total. The molecular formula is C11H21N3O3. The molecule has 0 aliphatic heterocycles. The number of nitriles is 1. The van der Waals surface area contributed by atoms with Crippen LogP contribution in [0.3, 0.4) is 0 Å². The fraction of sp³-hybridized carbons (Fsp3) is 0.818. The molecule has 1 amide bonds. The van der Waals surface area contributed by atoms with E-state index in [9.17, 15) is 4.79 Å². The van der Waals surface area contributed by atoms with Crippen molar-refractivity contribution >= 4 is 5.91 Å². The lowest BCUT2D eigenvalue weighted by molar-refractivity contribution is -0.130. The molecule has 0 atom stereocenters. The molecular weight excluding hydrogens is 222 g/mol. The number of hydrogen-bond acceptors (Lipinski definition) is 5. The van der Waals surface area contributed by atoms with Crippen LogP contribution in [0, 0.1) is 11.3 Å². The van der Waals surface area contributed by atoms with Gasteiger partial charge in [0.2, 0.25) is 5.91 Å². The van der Waals surface area contributed by atoms with Gasteiger partial charge in [0, 0.05) is 33.9 Å². The van der Waals surface area contributed by atoms with Crippen LogP contribution in [0.4, 0.5) is 0 Å². The van der Waals surface area contributed by atoms with Crippen LogP contribution in [0.1, 0.15) is 6.42 Å². The molecule has 0 aromatic rings. The van der Waals surface area contributed by atoms with E-state index >= 15 is 0 Å². The maximum Gasteiger partial charge on any atom is 0.236 e. The lowest BCUT2D eigenvalue weighted by Crippen LogP contribution is -2.41. The summed E-state index contributed by atoms with van der Waals surface area (Å²) >= 11 is 0. The molecule has 0 unspecified atom stereocenters. The molecule has 98 valence electrons. The summed E-state index contributed by atoms with van der Waals surface area (Å²) < 4.78 is 9.79. The minimum atomic E-state index is -0.0200. The van der Waals surface area contributed by atoms with Crippen molar-refractivity contribution in [2.24, 2.45) is 0 Å². The first-order valence-electron chi connectivity index (χ1n) is 5.59. The van der Waals surface area contributed by atoms with E-state index < -0.39 is 0 Å². The predicted octanol–water partition coefficient (Wildman–Crippen LogP) is -0.389. The van der Waals surface area contributed by atoms with Gasteiger partial charge in [-0.15, -0.1) is 0 Å². The fourth-order valence-electron chi connectivity index (χ4n) is 1.23. The SMILES string of the molecule is COCCNCC(=O)N(CCC#N)CCOC. The van der Waals surface area contributed by atoms with Gasteiger partial charge in [-0.05, 0) is 0 Å². The molecule has 0 fully saturated rings. The Morgan fingerprint density at radius 2 is 2.00 bits per heavy atom. The first kappa shape index (κ1) is 15.8. The van der Waals surface area contributed by atoms with Crippen LogP contribution in [-0.2, 0) is 14.3 Å². The van der Waals surface area contributed by atoms with Crippen molar-refractivity contribution < 1.29 is 14.3 Å². The third-order valence-corrected chi connectivity index (χ3v) is 2.17. The summed E-state index contributed by atoms with van der Waals surface area (Å²) in [5.74, 6) is -0.0200. The van der Waals surface area contributed by atoms with Crippen LogP contribution in [0.2, 0.25) is 0 Å². The second-order valence-electron chi connectivity index (χ2n) is 3.45. The highest BCUT2D eigenvalue weighted by atomic mass is 16.5. The number of ether oxygens (including phenoxy) is 2. The van der Waals surface area contributed by atoms with Crippen LogP contribution in [0.5, 0.6) is 0 Å². The minimum absolute atomic E-state index is 0.0200. The van der Waals surface area contributed by atoms with Crippen molar-refractivity contribution in [3.63, 3.8) is 0 Å². The van der Waals surface area contributed by atoms with E-state index in [0.717, 1.165) is 0 Å². The zero-order valence-corrected chi connectivity index (χ0v) is 10.6. The van der Waals surface area contributed by atoms with Crippen molar-refractivity contribution in [2.45, 2.75) is 6.42 Å². The third-order valence-electron chi connectivity index (χ3n) is 2.17. The average Bonchev–Trinajstić information content (AvgIpc) is 2.34. The highest BCUT2D eigenvalue weighted by molar-refractivity contribution is 5.78. The van der Waals surface area contributed by atoms with E-state index in [-0.39, 0.29) is 12.5 Å². The van der Waals surface area contributed by atoms with Crippen LogP contribution >= 0.6 is 0 Å². The zero-order chi connectivity index (χ0) is 12.9. The maximum absolute atomic E-state index is 11.8. The van der Waals surface area contributed by atoms with Crippen LogP contribution in [-0.4, -0.2) is 64.4 Å². The molecule has 0 heterocycles. The van der Waals surface area contributed by atoms with Gasteiger partial charge in [0.15, 0.2) is 0 Å². The van der Waals surface area contributed by atoms with Gasteiger partial charge in [0.05, 0.1) is 32.2 Å². The summed E-state index contributed by atoms with van der Waals surface area (Å²) in [6.45, 7) is 2.92. The van der Waals surface area contributed by atoms with Crippen molar-refractivity contribution in [2.75, 3.05) is 53.6 Å². The topological polar surface area (TPSA) is 74.6 Å². The number of nitrogens with one attached hydrogen (secondary N) is 1. The summed E-state index contributed by atoms with van der Waals surface area (Å²) in [5, 5.41) is 11.5. The maximum atomic E-state index is 11.8. The third kappa shape index (κ3) is 8.63. The van der Waals surface area contributed by atoms with E-state index in [0.29, 0.717) is 39.3 Å². The molecule has 0 bridgehead atoms. The summed E-state index contributed by atoms with van der Waals surface area (Å²) in [4.78, 5) is 13.4. The molecule has 0 saturated carbocycles. The number of carbonyl (C=O) groups is 1. The monoisotopic (exact) mass is 243 g/mol. The van der Waals surface area contributed by atoms with Gasteiger partial charge in [-0.1, -0.05) is 0 Å². The van der Waals surface area contributed by atoms with Crippen molar-refractivity contribution in [3.05, 3.63) is 0 Å². The number of carbonyl (C=O) groups excluding carboxylic acids is 1. The van der Waals surface area contributed by atoms with Crippen molar-refractivity contribution in [1.82, 2.24) is 10.2 Å². The van der Waals surface area contributed by atoms with Crippen molar-refractivity contribution in [1.29, 1.82) is 5.26 Å². The van der Waals surface area contributed by atoms with Crippen LogP contribution < -0.4 is 5.32 Å². The zero-order valence-electron chi connectivity index (χ0n) is 10.6. The molecule has 0 aromatic heterocycles. The summed E-state index contributed by atoms with van der Waals surface area (Å²) in [6, 6.07) is 2.03. The van der Waals surface area contributed by atoms with Gasteiger partial charge in [-0.25, -0.2) is 0 Å². The molecule has 0 spiro atoms. The second-order valence-corrected chi connectivity index (χ2v) is 3.45. The Labute approximate surface area is 102 Å². The van der Waals surface area contributed by atoms with Crippen LogP contribution in [0.25, 0.3) is 0 Å². The summed E-state index contributed by atoms with van der Waals surface area (Å²) in [6.07, 6.45) is 0.341. The molecule has 0 aliphatic rings. The number of hydrogen-bond donors (Lipinski definition) is 1. The molecule has 0 aliphatic carbocycles. The highest BCUT2D eigenvalue weighted by Crippen LogP contribution is 1.92. The lowest BCUT2D eigenvalue weighted by atomic mass is 10.3. The Bertz CT molecular complexity index is 241. The number of methoxy groups -OCH3 is 2. The molecule has 0 rings (SSSR count). The Balaban J connectivity index is 3.90. The molecule has 1 N–H and O–H groups in total. The van der Waals surface area contributed by atoms with Gasteiger partial charge in [-0.2, -0.15) is 5.26 Å². The number of nitrogens with zero attached hydrogens (tertiary/aromatic N) is 2. The van der Waals surface area contributed by atoms with E-state index in [2.05, 4.69) is 5.32 Å². The minimum Gasteiger partial charge on any atom is -0.383 e. The van der Waals surface area contributed by atoms with E-state index in [1.807, 2.05) is 6.07 Å². The first-order valence-corrected chi connectivity index (χ1v) is 5.59. The molecule has 0 aromatic carbocycles. The summed E-state index contributed by atoms with van der Waals surface area (Å²) in [7, 11) is 3.20. The van der Waals surface area contributed by atoms with Gasteiger partial charge in [-0.3, -0.25) is 4.79 Å². The Hall–Kier alpha value is -1.16. The quantitative estimate of drug-likeness (QED) is 0.529. The number of amides is 1. The molecule has 17 heavy (non-hydrogen) atoms. The predicted molar refractivity (Wildman–Crippen MR) is 63.4 cm³/mol. The first-order chi connectivity index (χ1) is 8.26. The van der Waals surface area contributed by atoms with E-state index in [1.54, 1.807) is 19.1 Å². The Kier molecular flexibility index (Phi) is 10.6. The molecule has 0 saturated heterocycles. The highest BCUT2D eigenvalue weighted by Gasteiger charge is 2.11. The summed E-state index contributed by atoms with van der Waals surface area (Å²) in [5.41, 5.74) is 0. The van der Waals surface area contributed by atoms with Gasteiger partial charge in [0.1, 0.15) is 0 Å². The standard InChI is InChI=1S/C11H21N3O3/c1-16-8-5-13-10-11(15)14(6-3-4-12)7-9-17-2/h13H,3,5-10H2,1-2H3. The Morgan fingerprint density at radius 1 is 1.29 bits per heavy atom. The van der Waals surface area contributed by atoms with E-state index in [4.69, 9.17) is 14.7 Å². The van der Waals surface area contributed by atoms with Gasteiger partial charge in [0.25, 0.3) is 0 Å². The van der Waals surface area contributed by atoms with Crippen LogP contribution in [0.15, 0.2) is 0 Å². The average molecular weight is 243 g/mol. The lowest BCUT2D eigenvalue weighted by Gasteiger charge is -2.21. The Morgan fingerprint density at radius 3 is 2.59 bits per heavy atom. The van der Waals surface area contributed by atoms with E-state index in [1.165, 1.54) is 0 Å². The normalized spacial score (nSPS) is 9.94. The van der Waals surface area contributed by atoms with Crippen molar-refractivity contribution in [3.8, 4) is 6.07 Å².